The molecular weight excluding hydrogens is 506 g/mol. The summed E-state index contributed by atoms with van der Waals surface area (Å²) in [6.45, 7) is 2.81. The standard InChI is InChI=1S/C32H29N3O5/c1-20-28-24(34-35-31(36)29(21-9-4-2-5-10-21)22-11-6-3-7-12-22)13-8-14-26(28)40-30(20)32(37)33-23-15-16-25-27(19-23)39-18-17-38-25/h2-7,9-12,15-16,19,29H,8,13-14,17-18H2,1H3,(H,33,37)(H,35,36)/b34-24+. The summed E-state index contributed by atoms with van der Waals surface area (Å²) in [6, 6.07) is 24.6. The first-order chi connectivity index (χ1) is 19.6. The fraction of sp³-hybridized carbons (Fsp3) is 0.219. The van der Waals surface area contributed by atoms with E-state index in [-0.39, 0.29) is 17.6 Å². The first kappa shape index (κ1) is 25.4. The summed E-state index contributed by atoms with van der Waals surface area (Å²) in [5.74, 6) is 1.08. The summed E-state index contributed by atoms with van der Waals surface area (Å²) in [6.07, 6.45) is 2.16. The van der Waals surface area contributed by atoms with E-state index in [1.807, 2.05) is 67.6 Å². The van der Waals surface area contributed by atoms with Crippen molar-refractivity contribution in [2.75, 3.05) is 18.5 Å². The summed E-state index contributed by atoms with van der Waals surface area (Å²) >= 11 is 0. The number of rotatable bonds is 6. The van der Waals surface area contributed by atoms with Crippen LogP contribution in [0.3, 0.4) is 0 Å². The van der Waals surface area contributed by atoms with Gasteiger partial charge in [0, 0.05) is 29.3 Å². The molecule has 0 saturated carbocycles. The molecule has 2 heterocycles. The van der Waals surface area contributed by atoms with E-state index in [2.05, 4.69) is 15.8 Å². The molecule has 40 heavy (non-hydrogen) atoms. The second-order valence-electron chi connectivity index (χ2n) is 9.81. The van der Waals surface area contributed by atoms with Crippen LogP contribution in [0.5, 0.6) is 11.5 Å². The fourth-order valence-corrected chi connectivity index (χ4v) is 5.28. The van der Waals surface area contributed by atoms with Gasteiger partial charge in [-0.3, -0.25) is 9.59 Å². The lowest BCUT2D eigenvalue weighted by atomic mass is 9.90. The van der Waals surface area contributed by atoms with Crippen LogP contribution in [0.25, 0.3) is 0 Å². The molecule has 0 saturated heterocycles. The predicted octanol–water partition coefficient (Wildman–Crippen LogP) is 5.60. The van der Waals surface area contributed by atoms with E-state index in [0.29, 0.717) is 60.3 Å². The molecule has 4 aromatic rings. The van der Waals surface area contributed by atoms with Gasteiger partial charge in [0.2, 0.25) is 0 Å². The largest absolute Gasteiger partial charge is 0.486 e. The molecule has 2 N–H and O–H groups in total. The van der Waals surface area contributed by atoms with Crippen molar-refractivity contribution in [3.8, 4) is 11.5 Å². The van der Waals surface area contributed by atoms with Gasteiger partial charge in [-0.15, -0.1) is 0 Å². The molecular formula is C32H29N3O5. The highest BCUT2D eigenvalue weighted by Gasteiger charge is 2.29. The number of fused-ring (bicyclic) bond motifs is 2. The maximum atomic E-state index is 13.5. The lowest BCUT2D eigenvalue weighted by molar-refractivity contribution is -0.121. The second kappa shape index (κ2) is 11.1. The fourth-order valence-electron chi connectivity index (χ4n) is 5.28. The van der Waals surface area contributed by atoms with Crippen molar-refractivity contribution in [3.05, 3.63) is 113 Å². The van der Waals surface area contributed by atoms with E-state index in [9.17, 15) is 9.59 Å². The summed E-state index contributed by atoms with van der Waals surface area (Å²) in [5, 5.41) is 7.45. The Bertz CT molecular complexity index is 1540. The maximum Gasteiger partial charge on any atom is 0.291 e. The lowest BCUT2D eigenvalue weighted by Gasteiger charge is -2.18. The molecule has 1 aliphatic carbocycles. The highest BCUT2D eigenvalue weighted by molar-refractivity contribution is 6.09. The van der Waals surface area contributed by atoms with Crippen molar-refractivity contribution in [1.29, 1.82) is 0 Å². The van der Waals surface area contributed by atoms with Gasteiger partial charge in [0.05, 0.1) is 11.6 Å². The van der Waals surface area contributed by atoms with Crippen molar-refractivity contribution in [3.63, 3.8) is 0 Å². The Balaban J connectivity index is 1.24. The molecule has 6 rings (SSSR count). The van der Waals surface area contributed by atoms with E-state index in [1.165, 1.54) is 0 Å². The predicted molar refractivity (Wildman–Crippen MR) is 151 cm³/mol. The summed E-state index contributed by atoms with van der Waals surface area (Å²) in [4.78, 5) is 26.7. The first-order valence-electron chi connectivity index (χ1n) is 13.4. The molecule has 0 radical (unpaired) electrons. The van der Waals surface area contributed by atoms with Crippen LogP contribution in [0, 0.1) is 6.92 Å². The minimum Gasteiger partial charge on any atom is -0.486 e. The number of amides is 2. The number of carbonyl (C=O) groups is 2. The van der Waals surface area contributed by atoms with E-state index in [4.69, 9.17) is 13.9 Å². The molecule has 2 amide bonds. The number of carbonyl (C=O) groups excluding carboxylic acids is 2. The number of hydrogen-bond acceptors (Lipinski definition) is 6. The van der Waals surface area contributed by atoms with Crippen LogP contribution < -0.4 is 20.2 Å². The number of ether oxygens (including phenoxy) is 2. The van der Waals surface area contributed by atoms with Crippen LogP contribution in [0.4, 0.5) is 5.69 Å². The van der Waals surface area contributed by atoms with Crippen molar-refractivity contribution >= 4 is 23.2 Å². The van der Waals surface area contributed by atoms with Crippen LogP contribution in [0.1, 0.15) is 57.3 Å². The molecule has 3 aromatic carbocycles. The SMILES string of the molecule is Cc1c(C(=O)Nc2ccc3c(c2)OCCO3)oc2c1/C(=N/NC(=O)C(c1ccccc1)c1ccccc1)CCC2. The van der Waals surface area contributed by atoms with Crippen LogP contribution in [-0.2, 0) is 11.2 Å². The van der Waals surface area contributed by atoms with Crippen LogP contribution in [0.2, 0.25) is 0 Å². The number of furan rings is 1. The van der Waals surface area contributed by atoms with Gasteiger partial charge in [-0.2, -0.15) is 5.10 Å². The number of hydrazone groups is 1. The molecule has 1 aliphatic heterocycles. The zero-order chi connectivity index (χ0) is 27.5. The highest BCUT2D eigenvalue weighted by Crippen LogP contribution is 2.34. The number of nitrogens with zero attached hydrogens (tertiary/aromatic N) is 1. The number of benzene rings is 3. The van der Waals surface area contributed by atoms with Gasteiger partial charge in [-0.25, -0.2) is 5.43 Å². The summed E-state index contributed by atoms with van der Waals surface area (Å²) in [7, 11) is 0. The number of hydrogen-bond donors (Lipinski definition) is 2. The van der Waals surface area contributed by atoms with Gasteiger partial charge in [0.1, 0.15) is 19.0 Å². The monoisotopic (exact) mass is 535 g/mol. The Kier molecular flexibility index (Phi) is 7.06. The van der Waals surface area contributed by atoms with Gasteiger partial charge in [0.25, 0.3) is 11.8 Å². The smallest absolute Gasteiger partial charge is 0.291 e. The first-order valence-corrected chi connectivity index (χ1v) is 13.4. The second-order valence-corrected chi connectivity index (χ2v) is 9.81. The average Bonchev–Trinajstić information content (AvgIpc) is 3.34. The molecule has 0 atom stereocenters. The number of nitrogens with one attached hydrogen (secondary N) is 2. The molecule has 0 unspecified atom stereocenters. The topological polar surface area (TPSA) is 102 Å². The van der Waals surface area contributed by atoms with Crippen molar-refractivity contribution in [2.45, 2.75) is 32.1 Å². The van der Waals surface area contributed by atoms with Crippen LogP contribution >= 0.6 is 0 Å². The zero-order valence-electron chi connectivity index (χ0n) is 22.1. The third kappa shape index (κ3) is 5.08. The van der Waals surface area contributed by atoms with Gasteiger partial charge >= 0.3 is 0 Å². The van der Waals surface area contributed by atoms with Crippen LogP contribution in [-0.4, -0.2) is 30.7 Å². The van der Waals surface area contributed by atoms with Gasteiger partial charge in [-0.05, 0) is 43.0 Å². The van der Waals surface area contributed by atoms with Gasteiger partial charge in [0.15, 0.2) is 17.3 Å². The average molecular weight is 536 g/mol. The Morgan fingerprint density at radius 2 is 1.52 bits per heavy atom. The molecule has 1 aromatic heterocycles. The quantitative estimate of drug-likeness (QED) is 0.313. The number of anilines is 1. The number of aryl methyl sites for hydroxylation is 1. The van der Waals surface area contributed by atoms with Gasteiger partial charge < -0.3 is 19.2 Å². The molecule has 202 valence electrons. The van der Waals surface area contributed by atoms with E-state index in [1.54, 1.807) is 18.2 Å². The Morgan fingerprint density at radius 1 is 0.850 bits per heavy atom. The maximum absolute atomic E-state index is 13.5. The summed E-state index contributed by atoms with van der Waals surface area (Å²) < 4.78 is 17.2. The molecule has 8 nitrogen and oxygen atoms in total. The Morgan fingerprint density at radius 3 is 2.23 bits per heavy atom. The van der Waals surface area contributed by atoms with Gasteiger partial charge in [-0.1, -0.05) is 60.7 Å². The normalized spacial score (nSPS) is 15.0. The minimum atomic E-state index is -0.507. The third-order valence-corrected chi connectivity index (χ3v) is 7.16. The van der Waals surface area contributed by atoms with Crippen molar-refractivity contribution in [2.24, 2.45) is 5.10 Å². The molecule has 0 fully saturated rings. The molecule has 2 aliphatic rings. The Hall–Kier alpha value is -4.85. The third-order valence-electron chi connectivity index (χ3n) is 7.16. The minimum absolute atomic E-state index is 0.227. The van der Waals surface area contributed by atoms with E-state index in [0.717, 1.165) is 23.1 Å². The molecule has 0 spiro atoms. The lowest BCUT2D eigenvalue weighted by Crippen LogP contribution is -2.28. The highest BCUT2D eigenvalue weighted by atomic mass is 16.6. The Labute approximate surface area is 232 Å². The molecule has 8 heteroatoms. The van der Waals surface area contributed by atoms with Crippen LogP contribution in [0.15, 0.2) is 88.4 Å². The van der Waals surface area contributed by atoms with Crippen molar-refractivity contribution in [1.82, 2.24) is 5.43 Å². The van der Waals surface area contributed by atoms with Crippen molar-refractivity contribution < 1.29 is 23.5 Å². The van der Waals surface area contributed by atoms with E-state index < -0.39 is 5.92 Å². The van der Waals surface area contributed by atoms with E-state index >= 15 is 0 Å². The molecule has 0 bridgehead atoms. The summed E-state index contributed by atoms with van der Waals surface area (Å²) in [5.41, 5.74) is 7.34. The zero-order valence-corrected chi connectivity index (χ0v) is 22.1.